The van der Waals surface area contributed by atoms with Crippen molar-refractivity contribution in [2.45, 2.75) is 12.8 Å². The van der Waals surface area contributed by atoms with E-state index in [4.69, 9.17) is 4.74 Å². The molecular formula is C13H20N2O. The van der Waals surface area contributed by atoms with E-state index in [1.54, 1.807) is 7.11 Å². The minimum atomic E-state index is 0.907. The Morgan fingerprint density at radius 1 is 1.19 bits per heavy atom. The van der Waals surface area contributed by atoms with Crippen LogP contribution in [-0.4, -0.2) is 38.2 Å². The van der Waals surface area contributed by atoms with Crippen molar-refractivity contribution in [2.24, 2.45) is 0 Å². The number of rotatable bonds is 5. The highest BCUT2D eigenvalue weighted by Crippen LogP contribution is 2.14. The van der Waals surface area contributed by atoms with Gasteiger partial charge in [0.05, 0.1) is 7.11 Å². The summed E-state index contributed by atoms with van der Waals surface area (Å²) in [7, 11) is 1.69. The summed E-state index contributed by atoms with van der Waals surface area (Å²) in [6.45, 7) is 4.70. The van der Waals surface area contributed by atoms with Crippen molar-refractivity contribution in [1.29, 1.82) is 0 Å². The van der Waals surface area contributed by atoms with E-state index < -0.39 is 0 Å². The smallest absolute Gasteiger partial charge is 0.119 e. The highest BCUT2D eigenvalue weighted by molar-refractivity contribution is 5.46. The van der Waals surface area contributed by atoms with Gasteiger partial charge in [0.15, 0.2) is 0 Å². The van der Waals surface area contributed by atoms with Gasteiger partial charge in [0.2, 0.25) is 0 Å². The summed E-state index contributed by atoms with van der Waals surface area (Å²) in [5.74, 6) is 0.907. The number of benzene rings is 1. The maximum Gasteiger partial charge on any atom is 0.119 e. The molecule has 88 valence electrons. The molecule has 0 aliphatic carbocycles. The first-order valence-corrected chi connectivity index (χ1v) is 5.99. The zero-order chi connectivity index (χ0) is 11.2. The van der Waals surface area contributed by atoms with Crippen molar-refractivity contribution in [3.63, 3.8) is 0 Å². The number of methoxy groups -OCH3 is 1. The molecule has 1 aromatic rings. The van der Waals surface area contributed by atoms with Gasteiger partial charge in [-0.3, -0.25) is 0 Å². The van der Waals surface area contributed by atoms with Gasteiger partial charge in [-0.25, -0.2) is 0 Å². The van der Waals surface area contributed by atoms with Crippen LogP contribution in [-0.2, 0) is 0 Å². The Morgan fingerprint density at radius 3 is 2.50 bits per heavy atom. The van der Waals surface area contributed by atoms with E-state index in [2.05, 4.69) is 22.3 Å². The van der Waals surface area contributed by atoms with Crippen LogP contribution in [0.4, 0.5) is 5.69 Å². The summed E-state index contributed by atoms with van der Waals surface area (Å²) < 4.78 is 5.12. The molecule has 1 aliphatic rings. The highest BCUT2D eigenvalue weighted by atomic mass is 16.5. The average Bonchev–Trinajstić information content (AvgIpc) is 2.83. The predicted molar refractivity (Wildman–Crippen MR) is 67.2 cm³/mol. The maximum absolute atomic E-state index is 5.12. The Hall–Kier alpha value is -1.22. The first kappa shape index (κ1) is 11.3. The molecule has 0 amide bonds. The fourth-order valence-corrected chi connectivity index (χ4v) is 2.07. The zero-order valence-electron chi connectivity index (χ0n) is 9.91. The Labute approximate surface area is 97.4 Å². The number of ether oxygens (including phenoxy) is 1. The number of hydrogen-bond acceptors (Lipinski definition) is 3. The minimum Gasteiger partial charge on any atom is -0.497 e. The van der Waals surface area contributed by atoms with Crippen LogP contribution in [0.15, 0.2) is 24.3 Å². The number of likely N-dealkylation sites (tertiary alicyclic amines) is 1. The second-order valence-corrected chi connectivity index (χ2v) is 4.20. The summed E-state index contributed by atoms with van der Waals surface area (Å²) >= 11 is 0. The van der Waals surface area contributed by atoms with Gasteiger partial charge in [0, 0.05) is 18.8 Å². The van der Waals surface area contributed by atoms with Gasteiger partial charge in [-0.05, 0) is 50.2 Å². The molecule has 0 spiro atoms. The molecule has 0 saturated carbocycles. The molecule has 0 aromatic heterocycles. The van der Waals surface area contributed by atoms with E-state index >= 15 is 0 Å². The van der Waals surface area contributed by atoms with E-state index in [9.17, 15) is 0 Å². The third kappa shape index (κ3) is 3.14. The van der Waals surface area contributed by atoms with E-state index in [0.717, 1.165) is 18.8 Å². The molecule has 0 atom stereocenters. The van der Waals surface area contributed by atoms with Crippen LogP contribution in [0.2, 0.25) is 0 Å². The maximum atomic E-state index is 5.12. The molecule has 1 heterocycles. The lowest BCUT2D eigenvalue weighted by Gasteiger charge is -2.15. The summed E-state index contributed by atoms with van der Waals surface area (Å²) in [4.78, 5) is 2.51. The summed E-state index contributed by atoms with van der Waals surface area (Å²) in [5, 5.41) is 3.43. The lowest BCUT2D eigenvalue weighted by molar-refractivity contribution is 0.352. The average molecular weight is 220 g/mol. The van der Waals surface area contributed by atoms with Gasteiger partial charge in [-0.1, -0.05) is 0 Å². The van der Waals surface area contributed by atoms with Gasteiger partial charge in [-0.2, -0.15) is 0 Å². The van der Waals surface area contributed by atoms with Gasteiger partial charge in [0.25, 0.3) is 0 Å². The third-order valence-corrected chi connectivity index (χ3v) is 3.05. The lowest BCUT2D eigenvalue weighted by Crippen LogP contribution is -2.25. The molecule has 1 N–H and O–H groups in total. The van der Waals surface area contributed by atoms with Crippen molar-refractivity contribution in [3.8, 4) is 5.75 Å². The minimum absolute atomic E-state index is 0.907. The largest absolute Gasteiger partial charge is 0.497 e. The van der Waals surface area contributed by atoms with E-state index in [0.29, 0.717) is 0 Å². The first-order valence-electron chi connectivity index (χ1n) is 5.99. The molecule has 1 aromatic carbocycles. The van der Waals surface area contributed by atoms with Crippen molar-refractivity contribution in [2.75, 3.05) is 38.6 Å². The lowest BCUT2D eigenvalue weighted by atomic mass is 10.3. The molecule has 3 heteroatoms. The van der Waals surface area contributed by atoms with Crippen molar-refractivity contribution in [3.05, 3.63) is 24.3 Å². The highest BCUT2D eigenvalue weighted by Gasteiger charge is 2.09. The van der Waals surface area contributed by atoms with Gasteiger partial charge in [-0.15, -0.1) is 0 Å². The second kappa shape index (κ2) is 5.75. The number of hydrogen-bond donors (Lipinski definition) is 1. The van der Waals surface area contributed by atoms with Crippen LogP contribution < -0.4 is 10.1 Å². The molecule has 3 nitrogen and oxygen atoms in total. The fraction of sp³-hybridized carbons (Fsp3) is 0.538. The summed E-state index contributed by atoms with van der Waals surface area (Å²) in [6.07, 6.45) is 2.73. The molecule has 0 unspecified atom stereocenters. The Balaban J connectivity index is 1.71. The van der Waals surface area contributed by atoms with Crippen molar-refractivity contribution < 1.29 is 4.74 Å². The monoisotopic (exact) mass is 220 g/mol. The van der Waals surface area contributed by atoms with Crippen molar-refractivity contribution >= 4 is 5.69 Å². The Bertz CT molecular complexity index is 304. The number of nitrogens with one attached hydrogen (secondary N) is 1. The van der Waals surface area contributed by atoms with Crippen LogP contribution in [0.25, 0.3) is 0 Å². The van der Waals surface area contributed by atoms with Crippen LogP contribution in [0.1, 0.15) is 12.8 Å². The molecule has 1 fully saturated rings. The molecule has 16 heavy (non-hydrogen) atoms. The van der Waals surface area contributed by atoms with Gasteiger partial charge in [0.1, 0.15) is 5.75 Å². The van der Waals surface area contributed by atoms with Crippen LogP contribution in [0, 0.1) is 0 Å². The first-order chi connectivity index (χ1) is 7.88. The normalized spacial score (nSPS) is 16.3. The fourth-order valence-electron chi connectivity index (χ4n) is 2.07. The third-order valence-electron chi connectivity index (χ3n) is 3.05. The topological polar surface area (TPSA) is 24.5 Å². The Morgan fingerprint density at radius 2 is 1.88 bits per heavy atom. The number of anilines is 1. The Kier molecular flexibility index (Phi) is 4.05. The molecule has 1 saturated heterocycles. The molecule has 2 rings (SSSR count). The van der Waals surface area contributed by atoms with E-state index in [1.807, 2.05) is 12.1 Å². The second-order valence-electron chi connectivity index (χ2n) is 4.20. The zero-order valence-corrected chi connectivity index (χ0v) is 9.91. The quantitative estimate of drug-likeness (QED) is 0.823. The van der Waals surface area contributed by atoms with Crippen LogP contribution in [0.3, 0.4) is 0 Å². The van der Waals surface area contributed by atoms with Crippen molar-refractivity contribution in [1.82, 2.24) is 4.90 Å². The predicted octanol–water partition coefficient (Wildman–Crippen LogP) is 2.20. The molecule has 1 aliphatic heterocycles. The van der Waals surface area contributed by atoms with Gasteiger partial charge < -0.3 is 15.0 Å². The standard InChI is InChI=1S/C13H20N2O/c1-16-13-6-4-12(5-7-13)14-8-11-15-9-2-3-10-15/h4-7,14H,2-3,8-11H2,1H3. The molecular weight excluding hydrogens is 200 g/mol. The SMILES string of the molecule is COc1ccc(NCCN2CCCC2)cc1. The summed E-state index contributed by atoms with van der Waals surface area (Å²) in [5.41, 5.74) is 1.17. The van der Waals surface area contributed by atoms with Crippen LogP contribution >= 0.6 is 0 Å². The summed E-state index contributed by atoms with van der Waals surface area (Å²) in [6, 6.07) is 8.09. The molecule has 0 radical (unpaired) electrons. The van der Waals surface area contributed by atoms with E-state index in [1.165, 1.54) is 31.6 Å². The van der Waals surface area contributed by atoms with Gasteiger partial charge >= 0.3 is 0 Å². The van der Waals surface area contributed by atoms with Crippen LogP contribution in [0.5, 0.6) is 5.75 Å². The van der Waals surface area contributed by atoms with E-state index in [-0.39, 0.29) is 0 Å². The number of nitrogens with zero attached hydrogens (tertiary/aromatic N) is 1. The molecule has 0 bridgehead atoms.